The van der Waals surface area contributed by atoms with Crippen LogP contribution in [0.25, 0.3) is 11.1 Å². The van der Waals surface area contributed by atoms with Crippen molar-refractivity contribution in [2.45, 2.75) is 63.9 Å². The van der Waals surface area contributed by atoms with Gasteiger partial charge in [-0.25, -0.2) is 4.39 Å². The fourth-order valence-electron chi connectivity index (χ4n) is 6.59. The lowest BCUT2D eigenvalue weighted by atomic mass is 9.84. The summed E-state index contributed by atoms with van der Waals surface area (Å²) >= 11 is 0. The quantitative estimate of drug-likeness (QED) is 0.381. The number of hydrogen-bond acceptors (Lipinski definition) is 4. The Labute approximate surface area is 222 Å². The van der Waals surface area contributed by atoms with Gasteiger partial charge in [-0.2, -0.15) is 0 Å². The average molecular weight is 517 g/mol. The largest absolute Gasteiger partial charge is 0.492 e. The summed E-state index contributed by atoms with van der Waals surface area (Å²) in [5, 5.41) is 9.15. The van der Waals surface area contributed by atoms with Crippen LogP contribution in [-0.4, -0.2) is 30.9 Å². The zero-order valence-corrected chi connectivity index (χ0v) is 21.9. The molecule has 3 aromatic rings. The van der Waals surface area contributed by atoms with E-state index < -0.39 is 5.97 Å². The van der Waals surface area contributed by atoms with Crippen molar-refractivity contribution >= 4 is 5.97 Å². The lowest BCUT2D eigenvalue weighted by Gasteiger charge is -2.25. The Morgan fingerprint density at radius 3 is 2.55 bits per heavy atom. The first-order valence-corrected chi connectivity index (χ1v) is 13.5. The molecule has 1 fully saturated rings. The molecule has 5 nitrogen and oxygen atoms in total. The molecule has 0 amide bonds. The molecule has 2 aliphatic heterocycles. The van der Waals surface area contributed by atoms with Crippen LogP contribution in [0.1, 0.15) is 77.0 Å². The van der Waals surface area contributed by atoms with Crippen LogP contribution in [0.5, 0.6) is 11.5 Å². The first-order valence-electron chi connectivity index (χ1n) is 13.5. The van der Waals surface area contributed by atoms with Crippen LogP contribution in [0.4, 0.5) is 4.39 Å². The second-order valence-electron chi connectivity index (χ2n) is 10.9. The van der Waals surface area contributed by atoms with Crippen molar-refractivity contribution in [3.05, 3.63) is 81.7 Å². The Kier molecular flexibility index (Phi) is 6.60. The number of carbonyl (C=O) groups is 1. The maximum Gasteiger partial charge on any atom is 0.304 e. The minimum absolute atomic E-state index is 0.0338. The molecule has 1 saturated heterocycles. The highest BCUT2D eigenvalue weighted by Crippen LogP contribution is 2.45. The van der Waals surface area contributed by atoms with E-state index in [-0.39, 0.29) is 24.3 Å². The number of hydrogen-bond donors (Lipinski definition) is 1. The summed E-state index contributed by atoms with van der Waals surface area (Å²) in [6.45, 7) is 6.30. The predicted octanol–water partition coefficient (Wildman–Crippen LogP) is 7.02. The fraction of sp³-hybridized carbons (Fsp3) is 0.406. The average Bonchev–Trinajstić information content (AvgIpc) is 3.50. The van der Waals surface area contributed by atoms with E-state index in [9.17, 15) is 4.79 Å². The maximum absolute atomic E-state index is 15.3. The molecular weight excluding hydrogens is 483 g/mol. The molecule has 2 atom stereocenters. The number of carboxylic acid groups (broad SMARTS) is 1. The summed E-state index contributed by atoms with van der Waals surface area (Å²) in [5.74, 6) is 0.548. The predicted molar refractivity (Wildman–Crippen MR) is 143 cm³/mol. The van der Waals surface area contributed by atoms with Gasteiger partial charge in [0.2, 0.25) is 0 Å². The number of aryl methyl sites for hydroxylation is 2. The van der Waals surface area contributed by atoms with Crippen molar-refractivity contribution in [1.82, 2.24) is 0 Å². The fourth-order valence-corrected chi connectivity index (χ4v) is 6.59. The highest BCUT2D eigenvalue weighted by molar-refractivity contribution is 5.76. The van der Waals surface area contributed by atoms with Crippen molar-refractivity contribution in [3.8, 4) is 22.6 Å². The van der Waals surface area contributed by atoms with Crippen LogP contribution in [0.15, 0.2) is 42.5 Å². The highest BCUT2D eigenvalue weighted by Gasteiger charge is 2.32. The zero-order chi connectivity index (χ0) is 26.4. The van der Waals surface area contributed by atoms with Gasteiger partial charge < -0.3 is 19.3 Å². The van der Waals surface area contributed by atoms with E-state index in [1.165, 1.54) is 22.3 Å². The van der Waals surface area contributed by atoms with Crippen molar-refractivity contribution in [2.24, 2.45) is 0 Å². The molecule has 0 bridgehead atoms. The van der Waals surface area contributed by atoms with Gasteiger partial charge in [-0.1, -0.05) is 24.3 Å². The molecule has 2 heterocycles. The lowest BCUT2D eigenvalue weighted by molar-refractivity contribution is -0.137. The van der Waals surface area contributed by atoms with E-state index in [0.29, 0.717) is 36.0 Å². The molecule has 0 saturated carbocycles. The molecule has 198 valence electrons. The summed E-state index contributed by atoms with van der Waals surface area (Å²) < 4.78 is 32.9. The maximum atomic E-state index is 15.3. The smallest absolute Gasteiger partial charge is 0.304 e. The third kappa shape index (κ3) is 4.55. The van der Waals surface area contributed by atoms with Gasteiger partial charge in [0, 0.05) is 36.3 Å². The lowest BCUT2D eigenvalue weighted by Crippen LogP contribution is -2.14. The second kappa shape index (κ2) is 10.1. The van der Waals surface area contributed by atoms with Crippen LogP contribution in [0.3, 0.4) is 0 Å². The minimum atomic E-state index is -0.843. The number of carboxylic acids is 1. The van der Waals surface area contributed by atoms with Crippen LogP contribution in [-0.2, 0) is 16.0 Å². The van der Waals surface area contributed by atoms with Crippen LogP contribution in [0.2, 0.25) is 0 Å². The normalized spacial score (nSPS) is 20.6. The Balaban J connectivity index is 1.28. The Hall–Kier alpha value is -3.38. The van der Waals surface area contributed by atoms with E-state index in [2.05, 4.69) is 26.0 Å². The van der Waals surface area contributed by atoms with Crippen molar-refractivity contribution in [2.75, 3.05) is 19.8 Å². The van der Waals surface area contributed by atoms with Crippen molar-refractivity contribution in [3.63, 3.8) is 0 Å². The number of benzene rings is 3. The first-order chi connectivity index (χ1) is 18.4. The van der Waals surface area contributed by atoms with E-state index in [0.717, 1.165) is 49.2 Å². The van der Waals surface area contributed by atoms with Gasteiger partial charge in [-0.15, -0.1) is 0 Å². The van der Waals surface area contributed by atoms with Gasteiger partial charge in [-0.3, -0.25) is 4.79 Å². The van der Waals surface area contributed by atoms with E-state index in [4.69, 9.17) is 19.3 Å². The van der Waals surface area contributed by atoms with Crippen LogP contribution in [0, 0.1) is 19.7 Å². The van der Waals surface area contributed by atoms with Gasteiger partial charge in [0.05, 0.1) is 13.0 Å². The van der Waals surface area contributed by atoms with Crippen molar-refractivity contribution < 1.29 is 28.5 Å². The summed E-state index contributed by atoms with van der Waals surface area (Å²) in [6.07, 6.45) is 3.19. The van der Waals surface area contributed by atoms with Gasteiger partial charge in [0.15, 0.2) is 0 Å². The van der Waals surface area contributed by atoms with Crippen LogP contribution < -0.4 is 9.47 Å². The third-order valence-electron chi connectivity index (χ3n) is 8.36. The Morgan fingerprint density at radius 1 is 1.05 bits per heavy atom. The summed E-state index contributed by atoms with van der Waals surface area (Å²) in [6, 6.07) is 13.6. The van der Waals surface area contributed by atoms with Gasteiger partial charge in [0.25, 0.3) is 0 Å². The van der Waals surface area contributed by atoms with Gasteiger partial charge in [0.1, 0.15) is 23.4 Å². The summed E-state index contributed by atoms with van der Waals surface area (Å²) in [4.78, 5) is 11.2. The molecule has 6 heteroatoms. The standard InChI is InChI=1S/C32H33FO5/c1-18-13-21(20-9-11-36-12-10-20)14-19(2)31(18)25-5-7-27(33)32-26(25)6-8-28(32)38-23-3-4-24-22(15-30(34)35)17-37-29(24)16-23/h3-5,7,13-14,16,20,22,28H,6,8-12,15,17H2,1-2H3,(H,34,35)/t22?,28-/m1/s1. The second-order valence-corrected chi connectivity index (χ2v) is 10.9. The third-order valence-corrected chi connectivity index (χ3v) is 8.36. The molecular formula is C32H33FO5. The molecule has 3 aromatic carbocycles. The molecule has 0 aromatic heterocycles. The topological polar surface area (TPSA) is 65.0 Å². The number of ether oxygens (including phenoxy) is 3. The molecule has 3 aliphatic rings. The molecule has 6 rings (SSSR count). The highest BCUT2D eigenvalue weighted by atomic mass is 19.1. The Morgan fingerprint density at radius 2 is 1.82 bits per heavy atom. The number of fused-ring (bicyclic) bond motifs is 2. The summed E-state index contributed by atoms with van der Waals surface area (Å²) in [7, 11) is 0. The van der Waals surface area contributed by atoms with Crippen LogP contribution >= 0.6 is 0 Å². The molecule has 1 unspecified atom stereocenters. The number of aliphatic carboxylic acids is 1. The number of rotatable bonds is 6. The monoisotopic (exact) mass is 516 g/mol. The Bertz CT molecular complexity index is 1370. The molecule has 1 aliphatic carbocycles. The molecule has 1 N–H and O–H groups in total. The molecule has 38 heavy (non-hydrogen) atoms. The van der Waals surface area contributed by atoms with E-state index in [1.807, 2.05) is 18.2 Å². The van der Waals surface area contributed by atoms with Gasteiger partial charge >= 0.3 is 5.97 Å². The van der Waals surface area contributed by atoms with E-state index >= 15 is 4.39 Å². The number of halogens is 1. The summed E-state index contributed by atoms with van der Waals surface area (Å²) in [5.41, 5.74) is 8.64. The minimum Gasteiger partial charge on any atom is -0.492 e. The zero-order valence-electron chi connectivity index (χ0n) is 21.9. The van der Waals surface area contributed by atoms with Gasteiger partial charge in [-0.05, 0) is 91.0 Å². The van der Waals surface area contributed by atoms with E-state index in [1.54, 1.807) is 12.1 Å². The molecule has 0 spiro atoms. The first kappa shape index (κ1) is 24.9. The van der Waals surface area contributed by atoms with Crippen molar-refractivity contribution in [1.29, 1.82) is 0 Å². The SMILES string of the molecule is Cc1cc(C2CCOCC2)cc(C)c1-c1ccc(F)c2c1CC[C@H]2Oc1ccc2c(c1)OCC2CC(=O)O. The molecule has 0 radical (unpaired) electrons.